The van der Waals surface area contributed by atoms with Crippen LogP contribution in [0.1, 0.15) is 36.4 Å². The van der Waals surface area contributed by atoms with Crippen molar-refractivity contribution in [2.45, 2.75) is 45.8 Å². The third kappa shape index (κ3) is 3.58. The van der Waals surface area contributed by atoms with Gasteiger partial charge in [0.05, 0.1) is 0 Å². The van der Waals surface area contributed by atoms with Crippen LogP contribution in [0.3, 0.4) is 0 Å². The lowest BCUT2D eigenvalue weighted by atomic mass is 10.4. The molecule has 1 N–H and O–H groups in total. The zero-order valence-corrected chi connectivity index (χ0v) is 11.1. The molecule has 1 aliphatic carbocycles. The van der Waals surface area contributed by atoms with E-state index in [0.29, 0.717) is 0 Å². The van der Waals surface area contributed by atoms with Gasteiger partial charge in [-0.2, -0.15) is 0 Å². The van der Waals surface area contributed by atoms with Gasteiger partial charge in [0, 0.05) is 28.9 Å². The molecule has 1 fully saturated rings. The monoisotopic (exact) mass is 238 g/mol. The SMILES string of the molecule is CCN(CC)Cc1ccc(CNC2CC2)s1. The number of thiophene rings is 1. The first kappa shape index (κ1) is 12.1. The van der Waals surface area contributed by atoms with Gasteiger partial charge in [-0.05, 0) is 38.1 Å². The maximum absolute atomic E-state index is 3.56. The lowest BCUT2D eigenvalue weighted by Gasteiger charge is -2.16. The summed E-state index contributed by atoms with van der Waals surface area (Å²) in [6.45, 7) is 8.92. The zero-order chi connectivity index (χ0) is 11.4. The fourth-order valence-corrected chi connectivity index (χ4v) is 2.81. The molecule has 1 aromatic rings. The zero-order valence-electron chi connectivity index (χ0n) is 10.3. The predicted octanol–water partition coefficient (Wildman–Crippen LogP) is 2.84. The summed E-state index contributed by atoms with van der Waals surface area (Å²) in [6, 6.07) is 5.37. The molecule has 1 aromatic heterocycles. The summed E-state index contributed by atoms with van der Waals surface area (Å²) in [5.41, 5.74) is 0. The molecule has 0 amide bonds. The van der Waals surface area contributed by atoms with Gasteiger partial charge in [-0.25, -0.2) is 0 Å². The van der Waals surface area contributed by atoms with Crippen molar-refractivity contribution >= 4 is 11.3 Å². The molecule has 0 saturated heterocycles. The largest absolute Gasteiger partial charge is 0.309 e. The van der Waals surface area contributed by atoms with Gasteiger partial charge in [-0.3, -0.25) is 4.90 Å². The van der Waals surface area contributed by atoms with Crippen LogP contribution < -0.4 is 5.32 Å². The molecule has 0 radical (unpaired) electrons. The van der Waals surface area contributed by atoms with Crippen LogP contribution in [0.4, 0.5) is 0 Å². The third-order valence-electron chi connectivity index (χ3n) is 3.13. The van der Waals surface area contributed by atoms with E-state index >= 15 is 0 Å². The average molecular weight is 238 g/mol. The van der Waals surface area contributed by atoms with E-state index in [-0.39, 0.29) is 0 Å². The minimum atomic E-state index is 0.813. The van der Waals surface area contributed by atoms with Crippen LogP contribution in [0.5, 0.6) is 0 Å². The topological polar surface area (TPSA) is 15.3 Å². The van der Waals surface area contributed by atoms with E-state index in [1.165, 1.54) is 22.6 Å². The van der Waals surface area contributed by atoms with Gasteiger partial charge in [0.1, 0.15) is 0 Å². The molecule has 1 heterocycles. The van der Waals surface area contributed by atoms with Crippen molar-refractivity contribution in [3.05, 3.63) is 21.9 Å². The molecule has 2 rings (SSSR count). The first-order valence-electron chi connectivity index (χ1n) is 6.35. The van der Waals surface area contributed by atoms with Crippen LogP contribution in [0.15, 0.2) is 12.1 Å². The van der Waals surface area contributed by atoms with Gasteiger partial charge in [-0.15, -0.1) is 11.3 Å². The minimum absolute atomic E-state index is 0.813. The highest BCUT2D eigenvalue weighted by atomic mass is 32.1. The first-order chi connectivity index (χ1) is 7.81. The summed E-state index contributed by atoms with van der Waals surface area (Å²) in [7, 11) is 0. The molecule has 1 saturated carbocycles. The Morgan fingerprint density at radius 2 is 1.94 bits per heavy atom. The number of hydrogen-bond acceptors (Lipinski definition) is 3. The molecule has 1 aliphatic rings. The third-order valence-corrected chi connectivity index (χ3v) is 4.20. The van der Waals surface area contributed by atoms with E-state index in [9.17, 15) is 0 Å². The van der Waals surface area contributed by atoms with Crippen molar-refractivity contribution in [2.75, 3.05) is 13.1 Å². The second-order valence-corrected chi connectivity index (χ2v) is 5.74. The Morgan fingerprint density at radius 1 is 1.25 bits per heavy atom. The van der Waals surface area contributed by atoms with Crippen LogP contribution in [-0.4, -0.2) is 24.0 Å². The smallest absolute Gasteiger partial charge is 0.0327 e. The van der Waals surface area contributed by atoms with E-state index < -0.39 is 0 Å². The Bertz CT molecular complexity index is 313. The minimum Gasteiger partial charge on any atom is -0.309 e. The fraction of sp³-hybridized carbons (Fsp3) is 0.692. The maximum Gasteiger partial charge on any atom is 0.0327 e. The molecule has 2 nitrogen and oxygen atoms in total. The fourth-order valence-electron chi connectivity index (χ4n) is 1.80. The molecule has 3 heteroatoms. The molecule has 0 aromatic carbocycles. The molecular formula is C13H22N2S. The molecule has 16 heavy (non-hydrogen) atoms. The standard InChI is InChI=1S/C13H22N2S/c1-3-15(4-2)10-13-8-7-12(16-13)9-14-11-5-6-11/h7-8,11,14H,3-6,9-10H2,1-2H3. The Kier molecular flexibility index (Phi) is 4.38. The highest BCUT2D eigenvalue weighted by Gasteiger charge is 2.20. The number of nitrogens with one attached hydrogen (secondary N) is 1. The van der Waals surface area contributed by atoms with Gasteiger partial charge < -0.3 is 5.32 Å². The lowest BCUT2D eigenvalue weighted by Crippen LogP contribution is -2.21. The maximum atomic E-state index is 3.56. The summed E-state index contributed by atoms with van der Waals surface area (Å²) < 4.78 is 0. The summed E-state index contributed by atoms with van der Waals surface area (Å²) in [4.78, 5) is 5.44. The first-order valence-corrected chi connectivity index (χ1v) is 7.16. The molecule has 90 valence electrons. The van der Waals surface area contributed by atoms with Crippen LogP contribution in [-0.2, 0) is 13.1 Å². The van der Waals surface area contributed by atoms with E-state index in [2.05, 4.69) is 36.2 Å². The quantitative estimate of drug-likeness (QED) is 0.786. The van der Waals surface area contributed by atoms with Crippen LogP contribution in [0.2, 0.25) is 0 Å². The molecular weight excluding hydrogens is 216 g/mol. The van der Waals surface area contributed by atoms with Gasteiger partial charge >= 0.3 is 0 Å². The van der Waals surface area contributed by atoms with E-state index in [1.807, 2.05) is 11.3 Å². The number of hydrogen-bond donors (Lipinski definition) is 1. The highest BCUT2D eigenvalue weighted by molar-refractivity contribution is 7.11. The number of nitrogens with zero attached hydrogens (tertiary/aromatic N) is 1. The van der Waals surface area contributed by atoms with Crippen molar-refractivity contribution in [3.8, 4) is 0 Å². The van der Waals surface area contributed by atoms with Crippen molar-refractivity contribution in [3.63, 3.8) is 0 Å². The normalized spacial score (nSPS) is 15.9. The Balaban J connectivity index is 1.80. The van der Waals surface area contributed by atoms with Crippen molar-refractivity contribution in [1.82, 2.24) is 10.2 Å². The Labute approximate surface area is 103 Å². The molecule has 0 bridgehead atoms. The summed E-state index contributed by atoms with van der Waals surface area (Å²) in [5, 5.41) is 3.56. The van der Waals surface area contributed by atoms with Crippen molar-refractivity contribution < 1.29 is 0 Å². The van der Waals surface area contributed by atoms with E-state index in [4.69, 9.17) is 0 Å². The second-order valence-electron chi connectivity index (χ2n) is 4.48. The summed E-state index contributed by atoms with van der Waals surface area (Å²) in [5.74, 6) is 0. The highest BCUT2D eigenvalue weighted by Crippen LogP contribution is 2.22. The lowest BCUT2D eigenvalue weighted by molar-refractivity contribution is 0.298. The molecule has 0 unspecified atom stereocenters. The van der Waals surface area contributed by atoms with Crippen molar-refractivity contribution in [2.24, 2.45) is 0 Å². The number of rotatable bonds is 7. The predicted molar refractivity (Wildman–Crippen MR) is 70.8 cm³/mol. The van der Waals surface area contributed by atoms with E-state index in [1.54, 1.807) is 0 Å². The van der Waals surface area contributed by atoms with Gasteiger partial charge in [-0.1, -0.05) is 13.8 Å². The summed E-state index contributed by atoms with van der Waals surface area (Å²) in [6.07, 6.45) is 2.75. The molecule has 0 aliphatic heterocycles. The summed E-state index contributed by atoms with van der Waals surface area (Å²) >= 11 is 1.96. The molecule has 0 spiro atoms. The van der Waals surface area contributed by atoms with Crippen LogP contribution in [0, 0.1) is 0 Å². The van der Waals surface area contributed by atoms with Crippen LogP contribution in [0.25, 0.3) is 0 Å². The van der Waals surface area contributed by atoms with Gasteiger partial charge in [0.15, 0.2) is 0 Å². The average Bonchev–Trinajstić information content (AvgIpc) is 3.03. The van der Waals surface area contributed by atoms with Crippen molar-refractivity contribution in [1.29, 1.82) is 0 Å². The van der Waals surface area contributed by atoms with E-state index in [0.717, 1.165) is 32.2 Å². The van der Waals surface area contributed by atoms with Gasteiger partial charge in [0.25, 0.3) is 0 Å². The molecule has 0 atom stereocenters. The Morgan fingerprint density at radius 3 is 2.56 bits per heavy atom. The van der Waals surface area contributed by atoms with Gasteiger partial charge in [0.2, 0.25) is 0 Å². The Hall–Kier alpha value is -0.380. The van der Waals surface area contributed by atoms with Crippen LogP contribution >= 0.6 is 11.3 Å². The second kappa shape index (κ2) is 5.80.